The van der Waals surface area contributed by atoms with Gasteiger partial charge in [0.15, 0.2) is 0 Å². The molecule has 0 bridgehead atoms. The molecule has 0 N–H and O–H groups in total. The molecule has 1 aliphatic rings. The van der Waals surface area contributed by atoms with E-state index < -0.39 is 8.32 Å². The van der Waals surface area contributed by atoms with Crippen LogP contribution in [0.4, 0.5) is 0 Å². The van der Waals surface area contributed by atoms with Crippen molar-refractivity contribution in [2.45, 2.75) is 84.7 Å². The van der Waals surface area contributed by atoms with E-state index in [9.17, 15) is 0 Å². The van der Waals surface area contributed by atoms with Crippen LogP contribution in [0.25, 0.3) is 0 Å². The first-order chi connectivity index (χ1) is 10.7. The third-order valence-corrected chi connectivity index (χ3v) is 10.3. The zero-order valence-electron chi connectivity index (χ0n) is 17.0. The summed E-state index contributed by atoms with van der Waals surface area (Å²) < 4.78 is 18.7. The predicted octanol–water partition coefficient (Wildman–Crippen LogP) is 4.68. The summed E-state index contributed by atoms with van der Waals surface area (Å²) in [5.74, 6) is 0.944. The highest BCUT2D eigenvalue weighted by molar-refractivity contribution is 6.74. The van der Waals surface area contributed by atoms with Crippen molar-refractivity contribution >= 4 is 20.9 Å². The maximum atomic E-state index is 6.40. The average Bonchev–Trinajstić information content (AvgIpc) is 2.56. The van der Waals surface area contributed by atoms with Crippen molar-refractivity contribution < 1.29 is 13.7 Å². The van der Waals surface area contributed by atoms with Gasteiger partial charge in [-0.3, -0.25) is 0 Å². The van der Waals surface area contributed by atoms with Crippen molar-refractivity contribution in [3.63, 3.8) is 0 Å². The van der Waals surface area contributed by atoms with Gasteiger partial charge in [0.2, 0.25) is 8.32 Å². The van der Waals surface area contributed by atoms with Gasteiger partial charge in [-0.25, -0.2) is 0 Å². The minimum Gasteiger partial charge on any atom is -0.543 e. The van der Waals surface area contributed by atoms with Crippen LogP contribution in [0.3, 0.4) is 0 Å². The molecular formula is C19H33BO3Si. The number of rotatable bonds is 3. The highest BCUT2D eigenvalue weighted by Crippen LogP contribution is 2.38. The highest BCUT2D eigenvalue weighted by Gasteiger charge is 2.52. The molecule has 0 saturated carbocycles. The summed E-state index contributed by atoms with van der Waals surface area (Å²) in [5, 5.41) is 0.186. The molecular weight excluding hydrogens is 315 g/mol. The second-order valence-electron chi connectivity index (χ2n) is 9.47. The molecule has 0 aromatic heterocycles. The van der Waals surface area contributed by atoms with Crippen LogP contribution >= 0.6 is 0 Å². The lowest BCUT2D eigenvalue weighted by Gasteiger charge is -2.36. The normalized spacial score (nSPS) is 20.3. The third-order valence-electron chi connectivity index (χ3n) is 5.93. The van der Waals surface area contributed by atoms with Gasteiger partial charge >= 0.3 is 7.12 Å². The van der Waals surface area contributed by atoms with E-state index in [0.29, 0.717) is 0 Å². The summed E-state index contributed by atoms with van der Waals surface area (Å²) in [4.78, 5) is 0. The van der Waals surface area contributed by atoms with Crippen LogP contribution in [-0.2, 0) is 9.31 Å². The van der Waals surface area contributed by atoms with Gasteiger partial charge in [-0.05, 0) is 75.9 Å². The molecule has 0 aliphatic carbocycles. The first-order valence-corrected chi connectivity index (χ1v) is 11.7. The number of hydrogen-bond acceptors (Lipinski definition) is 3. The Morgan fingerprint density at radius 2 is 1.50 bits per heavy atom. The second-order valence-corrected chi connectivity index (χ2v) is 14.2. The molecule has 0 unspecified atom stereocenters. The molecule has 0 atom stereocenters. The van der Waals surface area contributed by atoms with Crippen LogP contribution in [-0.4, -0.2) is 26.6 Å². The maximum Gasteiger partial charge on any atom is 0.495 e. The van der Waals surface area contributed by atoms with Crippen LogP contribution in [0.5, 0.6) is 5.75 Å². The first-order valence-electron chi connectivity index (χ1n) is 8.81. The highest BCUT2D eigenvalue weighted by atomic mass is 28.4. The first kappa shape index (κ1) is 19.5. The third kappa shape index (κ3) is 3.58. The van der Waals surface area contributed by atoms with Crippen molar-refractivity contribution in [2.24, 2.45) is 0 Å². The second kappa shape index (κ2) is 5.89. The quantitative estimate of drug-likeness (QED) is 0.743. The van der Waals surface area contributed by atoms with Crippen molar-refractivity contribution in [1.82, 2.24) is 0 Å². The number of hydrogen-bond donors (Lipinski definition) is 0. The Hall–Kier alpha value is -0.778. The molecule has 5 heteroatoms. The van der Waals surface area contributed by atoms with Crippen LogP contribution in [0, 0.1) is 6.92 Å². The molecule has 1 fully saturated rings. The SMILES string of the molecule is Cc1cc(O[Si](C)(C)C(C)(C)C)ccc1B1OC(C)(C)C(C)(C)O1. The van der Waals surface area contributed by atoms with Crippen LogP contribution < -0.4 is 9.89 Å². The summed E-state index contributed by atoms with van der Waals surface area (Å²) in [6.45, 7) is 21.7. The summed E-state index contributed by atoms with van der Waals surface area (Å²) in [7, 11) is -2.15. The Labute approximate surface area is 149 Å². The fourth-order valence-electron chi connectivity index (χ4n) is 2.39. The molecule has 1 saturated heterocycles. The van der Waals surface area contributed by atoms with Gasteiger partial charge in [-0.2, -0.15) is 0 Å². The van der Waals surface area contributed by atoms with E-state index >= 15 is 0 Å². The predicted molar refractivity (Wildman–Crippen MR) is 105 cm³/mol. The molecule has 1 heterocycles. The smallest absolute Gasteiger partial charge is 0.495 e. The van der Waals surface area contributed by atoms with Crippen LogP contribution in [0.2, 0.25) is 18.1 Å². The number of benzene rings is 1. The molecule has 1 aromatic carbocycles. The van der Waals surface area contributed by atoms with Crippen molar-refractivity contribution in [2.75, 3.05) is 0 Å². The summed E-state index contributed by atoms with van der Waals surface area (Å²) in [5.41, 5.74) is 1.59. The molecule has 134 valence electrons. The summed E-state index contributed by atoms with van der Waals surface area (Å²) in [6.07, 6.45) is 0. The Balaban J connectivity index is 2.23. The Morgan fingerprint density at radius 1 is 1.00 bits per heavy atom. The van der Waals surface area contributed by atoms with E-state index in [1.807, 2.05) is 6.07 Å². The van der Waals surface area contributed by atoms with Crippen molar-refractivity contribution in [3.05, 3.63) is 23.8 Å². The average molecular weight is 348 g/mol. The van der Waals surface area contributed by atoms with Gasteiger partial charge < -0.3 is 13.7 Å². The van der Waals surface area contributed by atoms with Gasteiger partial charge in [0.1, 0.15) is 5.75 Å². The van der Waals surface area contributed by atoms with E-state index in [-0.39, 0.29) is 23.4 Å². The Kier molecular flexibility index (Phi) is 4.80. The van der Waals surface area contributed by atoms with Crippen LogP contribution in [0.15, 0.2) is 18.2 Å². The van der Waals surface area contributed by atoms with Crippen molar-refractivity contribution in [3.8, 4) is 5.75 Å². The van der Waals surface area contributed by atoms with Gasteiger partial charge in [0.05, 0.1) is 11.2 Å². The van der Waals surface area contributed by atoms with E-state index in [1.165, 1.54) is 0 Å². The minimum atomic E-state index is -1.83. The lowest BCUT2D eigenvalue weighted by Crippen LogP contribution is -2.44. The van der Waals surface area contributed by atoms with Gasteiger partial charge in [0, 0.05) is 0 Å². The molecule has 0 amide bonds. The summed E-state index contributed by atoms with van der Waals surface area (Å²) >= 11 is 0. The zero-order chi connectivity index (χ0) is 18.6. The van der Waals surface area contributed by atoms with Gasteiger partial charge in [-0.15, -0.1) is 0 Å². The lowest BCUT2D eigenvalue weighted by molar-refractivity contribution is 0.00578. The molecule has 1 aliphatic heterocycles. The van der Waals surface area contributed by atoms with E-state index in [1.54, 1.807) is 0 Å². The lowest BCUT2D eigenvalue weighted by atomic mass is 9.76. The number of aryl methyl sites for hydroxylation is 1. The molecule has 24 heavy (non-hydrogen) atoms. The fraction of sp³-hybridized carbons (Fsp3) is 0.684. The Bertz CT molecular complexity index is 602. The van der Waals surface area contributed by atoms with Gasteiger partial charge in [0.25, 0.3) is 0 Å². The summed E-state index contributed by atoms with van der Waals surface area (Å²) in [6, 6.07) is 6.24. The standard InChI is InChI=1S/C19H33BO3Si/c1-14-13-15(21-24(9,10)17(2,3)4)11-12-16(14)20-22-18(5,6)19(7,8)23-20/h11-13H,1-10H3. The van der Waals surface area contributed by atoms with E-state index in [4.69, 9.17) is 13.7 Å². The fourth-order valence-corrected chi connectivity index (χ4v) is 3.42. The zero-order valence-corrected chi connectivity index (χ0v) is 18.0. The van der Waals surface area contributed by atoms with Crippen molar-refractivity contribution in [1.29, 1.82) is 0 Å². The van der Waals surface area contributed by atoms with E-state index in [0.717, 1.165) is 16.8 Å². The van der Waals surface area contributed by atoms with Crippen LogP contribution in [0.1, 0.15) is 54.0 Å². The molecule has 3 nitrogen and oxygen atoms in total. The molecule has 0 radical (unpaired) electrons. The maximum absolute atomic E-state index is 6.40. The monoisotopic (exact) mass is 348 g/mol. The molecule has 0 spiro atoms. The molecule has 1 aromatic rings. The molecule has 2 rings (SSSR count). The topological polar surface area (TPSA) is 27.7 Å². The van der Waals surface area contributed by atoms with E-state index in [2.05, 4.69) is 80.6 Å². The van der Waals surface area contributed by atoms with Gasteiger partial charge in [-0.1, -0.05) is 26.8 Å². The minimum absolute atomic E-state index is 0.186. The largest absolute Gasteiger partial charge is 0.543 e. The Morgan fingerprint density at radius 3 is 1.92 bits per heavy atom.